The van der Waals surface area contributed by atoms with Crippen molar-refractivity contribution in [3.05, 3.63) is 52.1 Å². The van der Waals surface area contributed by atoms with E-state index in [0.29, 0.717) is 29.0 Å². The third-order valence-electron chi connectivity index (χ3n) is 3.72. The Kier molecular flexibility index (Phi) is 4.07. The number of hydrogen-bond acceptors (Lipinski definition) is 6. The fourth-order valence-electron chi connectivity index (χ4n) is 2.37. The van der Waals surface area contributed by atoms with Crippen molar-refractivity contribution in [2.24, 2.45) is 0 Å². The van der Waals surface area contributed by atoms with Crippen molar-refractivity contribution >= 4 is 28.5 Å². The molecule has 3 aromatic rings. The summed E-state index contributed by atoms with van der Waals surface area (Å²) in [5.74, 6) is 0.742. The predicted octanol–water partition coefficient (Wildman–Crippen LogP) is 4.61. The Labute approximate surface area is 138 Å². The van der Waals surface area contributed by atoms with Crippen LogP contribution in [0.4, 0.5) is 17.4 Å². The molecule has 0 bridgehead atoms. The van der Waals surface area contributed by atoms with Gasteiger partial charge in [0.2, 0.25) is 0 Å². The Balaban J connectivity index is 1.93. The first-order valence-electron chi connectivity index (χ1n) is 7.48. The highest BCUT2D eigenvalue weighted by molar-refractivity contribution is 5.77. The van der Waals surface area contributed by atoms with Gasteiger partial charge in [0.25, 0.3) is 11.7 Å². The van der Waals surface area contributed by atoms with Crippen molar-refractivity contribution < 1.29 is 14.1 Å². The lowest BCUT2D eigenvalue weighted by Gasteiger charge is -2.07. The van der Waals surface area contributed by atoms with Gasteiger partial charge in [0.05, 0.1) is 23.8 Å². The van der Waals surface area contributed by atoms with Crippen molar-refractivity contribution in [3.63, 3.8) is 0 Å². The second-order valence-corrected chi connectivity index (χ2v) is 5.67. The van der Waals surface area contributed by atoms with Crippen LogP contribution >= 0.6 is 0 Å². The van der Waals surface area contributed by atoms with Crippen molar-refractivity contribution in [1.82, 2.24) is 4.98 Å². The fraction of sp³-hybridized carbons (Fsp3) is 0.235. The Morgan fingerprint density at radius 2 is 2.04 bits per heavy atom. The lowest BCUT2D eigenvalue weighted by atomic mass is 10.0. The van der Waals surface area contributed by atoms with Gasteiger partial charge in [-0.15, -0.1) is 0 Å². The van der Waals surface area contributed by atoms with Crippen LogP contribution in [0.1, 0.15) is 25.3 Å². The van der Waals surface area contributed by atoms with Crippen LogP contribution in [0.5, 0.6) is 5.75 Å². The largest absolute Gasteiger partial charge is 0.494 e. The molecule has 2 aromatic carbocycles. The summed E-state index contributed by atoms with van der Waals surface area (Å²) in [6, 6.07) is 10.5. The highest BCUT2D eigenvalue weighted by Crippen LogP contribution is 2.32. The van der Waals surface area contributed by atoms with Crippen molar-refractivity contribution in [1.29, 1.82) is 0 Å². The molecule has 0 saturated carbocycles. The van der Waals surface area contributed by atoms with Crippen LogP contribution in [0.15, 0.2) is 40.8 Å². The lowest BCUT2D eigenvalue weighted by Crippen LogP contribution is -1.96. The molecule has 0 aliphatic carbocycles. The number of nitrogens with one attached hydrogen (secondary N) is 1. The van der Waals surface area contributed by atoms with E-state index in [9.17, 15) is 10.1 Å². The minimum atomic E-state index is -0.473. The molecule has 1 heterocycles. The number of aromatic nitrogens is 1. The SMILES string of the molecule is COc1cc([N+](=O)[O-])ccc1Nc1nc2cc(C(C)C)ccc2o1. The number of fused-ring (bicyclic) bond motifs is 1. The van der Waals surface area contributed by atoms with E-state index in [1.165, 1.54) is 24.8 Å². The zero-order chi connectivity index (χ0) is 17.3. The number of methoxy groups -OCH3 is 1. The molecular formula is C17H17N3O4. The quantitative estimate of drug-likeness (QED) is 0.543. The molecule has 0 unspecified atom stereocenters. The minimum Gasteiger partial charge on any atom is -0.494 e. The molecule has 7 heteroatoms. The van der Waals surface area contributed by atoms with E-state index in [4.69, 9.17) is 9.15 Å². The van der Waals surface area contributed by atoms with E-state index < -0.39 is 4.92 Å². The van der Waals surface area contributed by atoms with Gasteiger partial charge in [-0.1, -0.05) is 19.9 Å². The molecule has 0 aliphatic heterocycles. The zero-order valence-electron chi connectivity index (χ0n) is 13.6. The van der Waals surface area contributed by atoms with Gasteiger partial charge in [-0.05, 0) is 29.7 Å². The van der Waals surface area contributed by atoms with Crippen LogP contribution in [0.3, 0.4) is 0 Å². The summed E-state index contributed by atoms with van der Waals surface area (Å²) < 4.78 is 10.9. The maximum Gasteiger partial charge on any atom is 0.300 e. The molecule has 0 fully saturated rings. The number of benzene rings is 2. The van der Waals surface area contributed by atoms with Gasteiger partial charge in [-0.2, -0.15) is 4.98 Å². The topological polar surface area (TPSA) is 90.4 Å². The molecule has 0 atom stereocenters. The van der Waals surface area contributed by atoms with E-state index >= 15 is 0 Å². The summed E-state index contributed by atoms with van der Waals surface area (Å²) in [6.07, 6.45) is 0. The molecule has 1 aromatic heterocycles. The van der Waals surface area contributed by atoms with Gasteiger partial charge in [0.1, 0.15) is 11.3 Å². The maximum absolute atomic E-state index is 10.8. The second kappa shape index (κ2) is 6.19. The van der Waals surface area contributed by atoms with E-state index in [2.05, 4.69) is 24.1 Å². The first-order chi connectivity index (χ1) is 11.5. The maximum atomic E-state index is 10.8. The third kappa shape index (κ3) is 3.01. The summed E-state index contributed by atoms with van der Waals surface area (Å²) in [5, 5.41) is 13.8. The van der Waals surface area contributed by atoms with E-state index in [-0.39, 0.29) is 5.69 Å². The van der Waals surface area contributed by atoms with E-state index in [1.807, 2.05) is 18.2 Å². The monoisotopic (exact) mass is 327 g/mol. The second-order valence-electron chi connectivity index (χ2n) is 5.67. The summed E-state index contributed by atoms with van der Waals surface area (Å²) in [5.41, 5.74) is 3.10. The number of rotatable bonds is 5. The van der Waals surface area contributed by atoms with Crippen LogP contribution in [0, 0.1) is 10.1 Å². The predicted molar refractivity (Wildman–Crippen MR) is 91.0 cm³/mol. The number of ether oxygens (including phenoxy) is 1. The molecule has 0 saturated heterocycles. The number of nitro benzene ring substituents is 1. The number of anilines is 2. The highest BCUT2D eigenvalue weighted by Gasteiger charge is 2.14. The molecule has 24 heavy (non-hydrogen) atoms. The summed E-state index contributed by atoms with van der Waals surface area (Å²) in [6.45, 7) is 4.23. The van der Waals surface area contributed by atoms with Gasteiger partial charge < -0.3 is 14.5 Å². The molecule has 124 valence electrons. The molecule has 3 rings (SSSR count). The van der Waals surface area contributed by atoms with Crippen LogP contribution < -0.4 is 10.1 Å². The Morgan fingerprint density at radius 3 is 2.71 bits per heavy atom. The van der Waals surface area contributed by atoms with E-state index in [0.717, 1.165) is 5.52 Å². The normalized spacial score (nSPS) is 11.0. The van der Waals surface area contributed by atoms with Gasteiger partial charge in [-0.25, -0.2) is 0 Å². The van der Waals surface area contributed by atoms with Crippen LogP contribution in [0.25, 0.3) is 11.1 Å². The molecule has 7 nitrogen and oxygen atoms in total. The summed E-state index contributed by atoms with van der Waals surface area (Å²) in [4.78, 5) is 14.8. The molecule has 0 aliphatic rings. The molecule has 0 spiro atoms. The average Bonchev–Trinajstić information content (AvgIpc) is 2.96. The Morgan fingerprint density at radius 1 is 1.25 bits per heavy atom. The standard InChI is InChI=1S/C17H17N3O4/c1-10(2)11-4-7-15-14(8-11)19-17(24-15)18-13-6-5-12(20(21)22)9-16(13)23-3/h4-10H,1-3H3,(H,18,19). The van der Waals surface area contributed by atoms with E-state index in [1.54, 1.807) is 6.07 Å². The van der Waals surface area contributed by atoms with Crippen molar-refractivity contribution in [2.75, 3.05) is 12.4 Å². The van der Waals surface area contributed by atoms with Crippen LogP contribution in [0.2, 0.25) is 0 Å². The van der Waals surface area contributed by atoms with Crippen molar-refractivity contribution in [2.45, 2.75) is 19.8 Å². The van der Waals surface area contributed by atoms with Gasteiger partial charge in [-0.3, -0.25) is 10.1 Å². The average molecular weight is 327 g/mol. The van der Waals surface area contributed by atoms with Crippen LogP contribution in [-0.4, -0.2) is 17.0 Å². The first-order valence-corrected chi connectivity index (χ1v) is 7.48. The van der Waals surface area contributed by atoms with Crippen LogP contribution in [-0.2, 0) is 0 Å². The highest BCUT2D eigenvalue weighted by atomic mass is 16.6. The molecule has 0 radical (unpaired) electrons. The Hall–Kier alpha value is -3.09. The molecule has 1 N–H and O–H groups in total. The number of oxazole rings is 1. The Bertz CT molecular complexity index is 902. The molecular weight excluding hydrogens is 310 g/mol. The molecule has 0 amide bonds. The number of nitrogens with zero attached hydrogens (tertiary/aromatic N) is 2. The number of hydrogen-bond donors (Lipinski definition) is 1. The smallest absolute Gasteiger partial charge is 0.300 e. The zero-order valence-corrected chi connectivity index (χ0v) is 13.6. The number of non-ortho nitro benzene ring substituents is 1. The third-order valence-corrected chi connectivity index (χ3v) is 3.72. The first kappa shape index (κ1) is 15.8. The summed E-state index contributed by atoms with van der Waals surface area (Å²) in [7, 11) is 1.45. The van der Waals surface area contributed by atoms with Gasteiger partial charge in [0.15, 0.2) is 5.58 Å². The van der Waals surface area contributed by atoms with Gasteiger partial charge >= 0.3 is 0 Å². The minimum absolute atomic E-state index is 0.0449. The fourth-order valence-corrected chi connectivity index (χ4v) is 2.37. The summed E-state index contributed by atoms with van der Waals surface area (Å²) >= 11 is 0. The van der Waals surface area contributed by atoms with Crippen molar-refractivity contribution in [3.8, 4) is 5.75 Å². The lowest BCUT2D eigenvalue weighted by molar-refractivity contribution is -0.384. The van der Waals surface area contributed by atoms with Gasteiger partial charge in [0, 0.05) is 6.07 Å². The number of nitro groups is 1.